The molecule has 0 bridgehead atoms. The summed E-state index contributed by atoms with van der Waals surface area (Å²) in [6.07, 6.45) is -4.17. The Labute approximate surface area is 162 Å². The van der Waals surface area contributed by atoms with Crippen LogP contribution in [0.25, 0.3) is 11.1 Å². The van der Waals surface area contributed by atoms with Crippen molar-refractivity contribution in [2.75, 3.05) is 20.3 Å². The van der Waals surface area contributed by atoms with Crippen molar-refractivity contribution < 1.29 is 27.4 Å². The first-order chi connectivity index (χ1) is 13.2. The first kappa shape index (κ1) is 21.8. The van der Waals surface area contributed by atoms with Crippen LogP contribution in [0.1, 0.15) is 23.6 Å². The van der Waals surface area contributed by atoms with Crippen LogP contribution in [0.3, 0.4) is 0 Å². The zero-order chi connectivity index (χ0) is 20.7. The minimum absolute atomic E-state index is 0.0573. The standard InChI is InChI=1S/C21H24F3NO3/c1-4-28-20(26)11-15-6-8-19(27-3)18(10-15)17-7-5-14(2)9-16(17)12-25-13-21(22,23)24/h5-10,25H,4,11-13H2,1-3H3. The van der Waals surface area contributed by atoms with E-state index in [1.807, 2.05) is 31.2 Å². The van der Waals surface area contributed by atoms with Crippen LogP contribution in [0.4, 0.5) is 13.2 Å². The molecular formula is C21H24F3NO3. The number of halogens is 3. The van der Waals surface area contributed by atoms with Gasteiger partial charge in [-0.2, -0.15) is 13.2 Å². The van der Waals surface area contributed by atoms with Gasteiger partial charge in [0.1, 0.15) is 5.75 Å². The number of methoxy groups -OCH3 is 1. The molecule has 0 aliphatic carbocycles. The highest BCUT2D eigenvalue weighted by Gasteiger charge is 2.26. The highest BCUT2D eigenvalue weighted by atomic mass is 19.4. The van der Waals surface area contributed by atoms with Crippen molar-refractivity contribution >= 4 is 5.97 Å². The van der Waals surface area contributed by atoms with Crippen molar-refractivity contribution in [2.45, 2.75) is 33.0 Å². The Balaban J connectivity index is 2.37. The Morgan fingerprint density at radius 2 is 1.86 bits per heavy atom. The van der Waals surface area contributed by atoms with Gasteiger partial charge in [0.25, 0.3) is 0 Å². The second kappa shape index (κ2) is 9.59. The van der Waals surface area contributed by atoms with Crippen LogP contribution in [0.5, 0.6) is 5.75 Å². The van der Waals surface area contributed by atoms with Crippen LogP contribution in [0.15, 0.2) is 36.4 Å². The van der Waals surface area contributed by atoms with Crippen molar-refractivity contribution in [3.05, 3.63) is 53.1 Å². The van der Waals surface area contributed by atoms with Crippen molar-refractivity contribution in [2.24, 2.45) is 0 Å². The van der Waals surface area contributed by atoms with E-state index in [-0.39, 0.29) is 18.9 Å². The van der Waals surface area contributed by atoms with E-state index in [0.717, 1.165) is 22.3 Å². The van der Waals surface area contributed by atoms with Crippen molar-refractivity contribution in [1.82, 2.24) is 5.32 Å². The molecule has 0 heterocycles. The third-order valence-corrected chi connectivity index (χ3v) is 4.11. The minimum Gasteiger partial charge on any atom is -0.496 e. The van der Waals surface area contributed by atoms with E-state index < -0.39 is 12.7 Å². The summed E-state index contributed by atoms with van der Waals surface area (Å²) < 4.78 is 47.9. The number of aryl methyl sites for hydroxylation is 1. The largest absolute Gasteiger partial charge is 0.496 e. The molecule has 0 aliphatic rings. The molecule has 7 heteroatoms. The number of alkyl halides is 3. The second-order valence-corrected chi connectivity index (χ2v) is 6.40. The molecule has 0 unspecified atom stereocenters. The number of ether oxygens (including phenoxy) is 2. The molecule has 0 fully saturated rings. The molecule has 152 valence electrons. The third-order valence-electron chi connectivity index (χ3n) is 4.11. The maximum Gasteiger partial charge on any atom is 0.401 e. The minimum atomic E-state index is -4.28. The van der Waals surface area contributed by atoms with Gasteiger partial charge in [-0.25, -0.2) is 0 Å². The van der Waals surface area contributed by atoms with Gasteiger partial charge in [-0.3, -0.25) is 4.79 Å². The van der Waals surface area contributed by atoms with Gasteiger partial charge in [0.05, 0.1) is 26.7 Å². The first-order valence-corrected chi connectivity index (χ1v) is 8.93. The number of nitrogens with one attached hydrogen (secondary N) is 1. The molecule has 2 aromatic carbocycles. The molecule has 0 radical (unpaired) electrons. The van der Waals surface area contributed by atoms with E-state index in [1.165, 1.54) is 7.11 Å². The predicted molar refractivity (Wildman–Crippen MR) is 101 cm³/mol. The monoisotopic (exact) mass is 395 g/mol. The summed E-state index contributed by atoms with van der Waals surface area (Å²) in [5.74, 6) is 0.239. The fourth-order valence-electron chi connectivity index (χ4n) is 2.92. The zero-order valence-corrected chi connectivity index (χ0v) is 16.2. The fourth-order valence-corrected chi connectivity index (χ4v) is 2.92. The summed E-state index contributed by atoms with van der Waals surface area (Å²) in [5, 5.41) is 2.44. The molecule has 0 aliphatic heterocycles. The molecule has 0 saturated heterocycles. The fraction of sp³-hybridized carbons (Fsp3) is 0.381. The smallest absolute Gasteiger partial charge is 0.401 e. The van der Waals surface area contributed by atoms with Crippen LogP contribution in [0, 0.1) is 6.92 Å². The van der Waals surface area contributed by atoms with Gasteiger partial charge in [0.15, 0.2) is 0 Å². The van der Waals surface area contributed by atoms with Crippen LogP contribution in [-0.4, -0.2) is 32.4 Å². The average molecular weight is 395 g/mol. The van der Waals surface area contributed by atoms with E-state index in [0.29, 0.717) is 17.9 Å². The average Bonchev–Trinajstić information content (AvgIpc) is 2.61. The second-order valence-electron chi connectivity index (χ2n) is 6.40. The lowest BCUT2D eigenvalue weighted by Gasteiger charge is -2.16. The Bertz CT molecular complexity index is 819. The van der Waals surface area contributed by atoms with Crippen molar-refractivity contribution in [3.8, 4) is 16.9 Å². The summed E-state index contributed by atoms with van der Waals surface area (Å²) in [6, 6.07) is 10.9. The molecule has 2 aromatic rings. The van der Waals surface area contributed by atoms with Gasteiger partial charge >= 0.3 is 12.1 Å². The van der Waals surface area contributed by atoms with Gasteiger partial charge in [-0.05, 0) is 42.7 Å². The zero-order valence-electron chi connectivity index (χ0n) is 16.2. The lowest BCUT2D eigenvalue weighted by molar-refractivity contribution is -0.142. The van der Waals surface area contributed by atoms with E-state index in [1.54, 1.807) is 19.1 Å². The molecular weight excluding hydrogens is 371 g/mol. The van der Waals surface area contributed by atoms with Crippen LogP contribution >= 0.6 is 0 Å². The lowest BCUT2D eigenvalue weighted by atomic mass is 9.95. The summed E-state index contributed by atoms with van der Waals surface area (Å²) in [7, 11) is 1.53. The molecule has 0 spiro atoms. The van der Waals surface area contributed by atoms with Crippen LogP contribution in [-0.2, 0) is 22.5 Å². The molecule has 2 rings (SSSR count). The van der Waals surface area contributed by atoms with Crippen molar-refractivity contribution in [1.29, 1.82) is 0 Å². The van der Waals surface area contributed by atoms with E-state index in [9.17, 15) is 18.0 Å². The van der Waals surface area contributed by atoms with Crippen molar-refractivity contribution in [3.63, 3.8) is 0 Å². The number of hydrogen-bond donors (Lipinski definition) is 1. The number of rotatable bonds is 8. The maximum absolute atomic E-state index is 12.5. The summed E-state index contributed by atoms with van der Waals surface area (Å²) in [5.41, 5.74) is 3.87. The van der Waals surface area contributed by atoms with Gasteiger partial charge in [-0.1, -0.05) is 29.8 Å². The molecule has 0 saturated carbocycles. The molecule has 1 N–H and O–H groups in total. The molecule has 0 amide bonds. The quantitative estimate of drug-likeness (QED) is 0.672. The lowest BCUT2D eigenvalue weighted by Crippen LogP contribution is -2.28. The summed E-state index contributed by atoms with van der Waals surface area (Å²) in [4.78, 5) is 11.8. The summed E-state index contributed by atoms with van der Waals surface area (Å²) >= 11 is 0. The predicted octanol–water partition coefficient (Wildman–Crippen LogP) is 4.43. The number of hydrogen-bond acceptors (Lipinski definition) is 4. The molecule has 0 atom stereocenters. The third kappa shape index (κ3) is 6.27. The first-order valence-electron chi connectivity index (χ1n) is 8.93. The van der Waals surface area contributed by atoms with Gasteiger partial charge < -0.3 is 14.8 Å². The molecule has 28 heavy (non-hydrogen) atoms. The van der Waals surface area contributed by atoms with Crippen LogP contribution < -0.4 is 10.1 Å². The van der Waals surface area contributed by atoms with Gasteiger partial charge in [0.2, 0.25) is 0 Å². The topological polar surface area (TPSA) is 47.6 Å². The Kier molecular flexibility index (Phi) is 7.45. The molecule has 4 nitrogen and oxygen atoms in total. The Morgan fingerprint density at radius 1 is 1.11 bits per heavy atom. The normalized spacial score (nSPS) is 11.4. The van der Waals surface area contributed by atoms with Gasteiger partial charge in [0, 0.05) is 12.1 Å². The van der Waals surface area contributed by atoms with Gasteiger partial charge in [-0.15, -0.1) is 0 Å². The number of benzene rings is 2. The van der Waals surface area contributed by atoms with E-state index in [2.05, 4.69) is 5.32 Å². The highest BCUT2D eigenvalue weighted by Crippen LogP contribution is 2.34. The summed E-state index contributed by atoms with van der Waals surface area (Å²) in [6.45, 7) is 2.91. The number of carbonyl (C=O) groups excluding carboxylic acids is 1. The molecule has 0 aromatic heterocycles. The maximum atomic E-state index is 12.5. The Morgan fingerprint density at radius 3 is 2.50 bits per heavy atom. The van der Waals surface area contributed by atoms with E-state index in [4.69, 9.17) is 9.47 Å². The van der Waals surface area contributed by atoms with E-state index >= 15 is 0 Å². The Hall–Kier alpha value is -2.54. The SMILES string of the molecule is CCOC(=O)Cc1ccc(OC)c(-c2ccc(C)cc2CNCC(F)(F)F)c1. The highest BCUT2D eigenvalue weighted by molar-refractivity contribution is 5.77. The number of carbonyl (C=O) groups is 1. The van der Waals surface area contributed by atoms with Crippen LogP contribution in [0.2, 0.25) is 0 Å². The number of esters is 1.